The number of likely N-dealkylation sites (tertiary alicyclic amines) is 1. The minimum atomic E-state index is 0.0194. The van der Waals surface area contributed by atoms with Crippen LogP contribution in [-0.4, -0.2) is 49.5 Å². The number of rotatable bonds is 6. The van der Waals surface area contributed by atoms with Gasteiger partial charge >= 0.3 is 0 Å². The third-order valence-corrected chi connectivity index (χ3v) is 4.68. The Balaban J connectivity index is 1.60. The fourth-order valence-corrected chi connectivity index (χ4v) is 3.45. The van der Waals surface area contributed by atoms with Crippen LogP contribution in [0.3, 0.4) is 0 Å². The zero-order valence-electron chi connectivity index (χ0n) is 15.4. The summed E-state index contributed by atoms with van der Waals surface area (Å²) in [5, 5.41) is 11.7. The van der Waals surface area contributed by atoms with Crippen molar-refractivity contribution in [2.45, 2.75) is 58.7 Å². The second kappa shape index (κ2) is 7.82. The molecule has 0 saturated carbocycles. The highest BCUT2D eigenvalue weighted by Crippen LogP contribution is 2.19. The van der Waals surface area contributed by atoms with Crippen molar-refractivity contribution in [3.8, 4) is 0 Å². The number of aromatic nitrogens is 4. The van der Waals surface area contributed by atoms with E-state index >= 15 is 0 Å². The number of carbonyl (C=O) groups excluding carboxylic acids is 1. The van der Waals surface area contributed by atoms with E-state index in [2.05, 4.69) is 40.5 Å². The summed E-state index contributed by atoms with van der Waals surface area (Å²) < 4.78 is 3.82. The first-order valence-electron chi connectivity index (χ1n) is 9.09. The van der Waals surface area contributed by atoms with E-state index < -0.39 is 0 Å². The molecule has 2 aromatic rings. The molecule has 1 atom stereocenters. The van der Waals surface area contributed by atoms with Crippen LogP contribution in [0, 0.1) is 6.92 Å². The molecule has 0 unspecified atom stereocenters. The molecule has 0 aliphatic carbocycles. The van der Waals surface area contributed by atoms with Crippen molar-refractivity contribution in [1.82, 2.24) is 24.5 Å². The average molecular weight is 344 g/mol. The van der Waals surface area contributed by atoms with Gasteiger partial charge in [0.05, 0.1) is 25.5 Å². The van der Waals surface area contributed by atoms with Crippen LogP contribution >= 0.6 is 0 Å². The lowest BCUT2D eigenvalue weighted by atomic mass is 10.0. The monoisotopic (exact) mass is 344 g/mol. The molecule has 0 aromatic carbocycles. The van der Waals surface area contributed by atoms with Crippen LogP contribution < -0.4 is 5.32 Å². The summed E-state index contributed by atoms with van der Waals surface area (Å²) in [6.45, 7) is 8.36. The van der Waals surface area contributed by atoms with Gasteiger partial charge in [-0.25, -0.2) is 4.68 Å². The lowest BCUT2D eigenvalue weighted by Gasteiger charge is -2.35. The third-order valence-electron chi connectivity index (χ3n) is 4.68. The Morgan fingerprint density at radius 3 is 2.92 bits per heavy atom. The summed E-state index contributed by atoms with van der Waals surface area (Å²) in [6.07, 6.45) is 9.13. The maximum absolute atomic E-state index is 12.5. The van der Waals surface area contributed by atoms with E-state index in [1.165, 1.54) is 12.0 Å². The summed E-state index contributed by atoms with van der Waals surface area (Å²) in [5.74, 6) is 0.780. The van der Waals surface area contributed by atoms with Crippen molar-refractivity contribution in [3.63, 3.8) is 0 Å². The standard InChI is InChI=1S/C18H28N6O/c1-14(2)24-17(7-8-19-24)21-18(25)13-22-9-5-4-6-16(22)12-23-11-15(3)10-20-23/h7-8,10-11,14,16H,4-6,9,12-13H2,1-3H3,(H,21,25)/t16-/m0/s1. The molecule has 1 aliphatic rings. The van der Waals surface area contributed by atoms with Crippen LogP contribution in [0.4, 0.5) is 5.82 Å². The number of piperidine rings is 1. The lowest BCUT2D eigenvalue weighted by molar-refractivity contribution is -0.118. The molecule has 3 heterocycles. The number of hydrogen-bond donors (Lipinski definition) is 1. The minimum absolute atomic E-state index is 0.0194. The van der Waals surface area contributed by atoms with Gasteiger partial charge in [-0.05, 0) is 45.7 Å². The van der Waals surface area contributed by atoms with E-state index in [1.54, 1.807) is 6.20 Å². The van der Waals surface area contributed by atoms with Gasteiger partial charge in [0.2, 0.25) is 5.91 Å². The molecule has 7 nitrogen and oxygen atoms in total. The Labute approximate surface area is 149 Å². The first-order valence-corrected chi connectivity index (χ1v) is 9.09. The van der Waals surface area contributed by atoms with E-state index in [0.717, 1.165) is 31.7 Å². The number of nitrogens with one attached hydrogen (secondary N) is 1. The molecule has 1 N–H and O–H groups in total. The summed E-state index contributed by atoms with van der Waals surface area (Å²) in [5.41, 5.74) is 1.17. The highest BCUT2D eigenvalue weighted by molar-refractivity contribution is 5.91. The molecule has 7 heteroatoms. The average Bonchev–Trinajstić information content (AvgIpc) is 3.18. The number of amides is 1. The summed E-state index contributed by atoms with van der Waals surface area (Å²) in [6, 6.07) is 2.42. The SMILES string of the molecule is Cc1cnn(C[C@@H]2CCCCN2CC(=O)Nc2ccnn2C(C)C)c1. The third kappa shape index (κ3) is 4.48. The zero-order chi connectivity index (χ0) is 17.8. The highest BCUT2D eigenvalue weighted by atomic mass is 16.2. The summed E-state index contributed by atoms with van der Waals surface area (Å²) >= 11 is 0. The normalized spacial score (nSPS) is 18.6. The molecule has 3 rings (SSSR count). The first kappa shape index (κ1) is 17.7. The van der Waals surface area contributed by atoms with Gasteiger partial charge in [0.1, 0.15) is 5.82 Å². The molecule has 2 aromatic heterocycles. The smallest absolute Gasteiger partial charge is 0.239 e. The Morgan fingerprint density at radius 2 is 2.20 bits per heavy atom. The van der Waals surface area contributed by atoms with Crippen LogP contribution in [0.25, 0.3) is 0 Å². The van der Waals surface area contributed by atoms with E-state index in [1.807, 2.05) is 28.6 Å². The lowest BCUT2D eigenvalue weighted by Crippen LogP contribution is -2.46. The van der Waals surface area contributed by atoms with Gasteiger partial charge in [0.25, 0.3) is 0 Å². The maximum Gasteiger partial charge on any atom is 0.239 e. The van der Waals surface area contributed by atoms with E-state index in [9.17, 15) is 4.79 Å². The fourth-order valence-electron chi connectivity index (χ4n) is 3.45. The molecular formula is C18H28N6O. The van der Waals surface area contributed by atoms with Crippen molar-refractivity contribution in [2.75, 3.05) is 18.4 Å². The van der Waals surface area contributed by atoms with Gasteiger partial charge < -0.3 is 5.32 Å². The van der Waals surface area contributed by atoms with E-state index in [0.29, 0.717) is 12.6 Å². The second-order valence-electron chi connectivity index (χ2n) is 7.16. The number of hydrogen-bond acceptors (Lipinski definition) is 4. The molecular weight excluding hydrogens is 316 g/mol. The van der Waals surface area contributed by atoms with E-state index in [4.69, 9.17) is 0 Å². The van der Waals surface area contributed by atoms with Gasteiger partial charge in [-0.1, -0.05) is 6.42 Å². The first-order chi connectivity index (χ1) is 12.0. The van der Waals surface area contributed by atoms with Gasteiger partial charge in [-0.3, -0.25) is 14.4 Å². The quantitative estimate of drug-likeness (QED) is 0.874. The predicted molar refractivity (Wildman–Crippen MR) is 97.4 cm³/mol. The minimum Gasteiger partial charge on any atom is -0.310 e. The Hall–Kier alpha value is -2.15. The van der Waals surface area contributed by atoms with Crippen molar-refractivity contribution in [2.24, 2.45) is 0 Å². The second-order valence-corrected chi connectivity index (χ2v) is 7.16. The highest BCUT2D eigenvalue weighted by Gasteiger charge is 2.25. The van der Waals surface area contributed by atoms with Gasteiger partial charge in [-0.2, -0.15) is 10.2 Å². The molecule has 0 bridgehead atoms. The zero-order valence-corrected chi connectivity index (χ0v) is 15.4. The van der Waals surface area contributed by atoms with Crippen molar-refractivity contribution in [3.05, 3.63) is 30.2 Å². The van der Waals surface area contributed by atoms with Crippen molar-refractivity contribution in [1.29, 1.82) is 0 Å². The Kier molecular flexibility index (Phi) is 5.53. The summed E-state index contributed by atoms with van der Waals surface area (Å²) in [4.78, 5) is 14.8. The molecule has 25 heavy (non-hydrogen) atoms. The molecule has 0 radical (unpaired) electrons. The number of carbonyl (C=O) groups is 1. The van der Waals surface area contributed by atoms with Gasteiger partial charge in [0.15, 0.2) is 0 Å². The number of anilines is 1. The predicted octanol–water partition coefficient (Wildman–Crippen LogP) is 2.46. The molecule has 136 valence electrons. The van der Waals surface area contributed by atoms with Crippen molar-refractivity contribution < 1.29 is 4.79 Å². The molecule has 0 spiro atoms. The summed E-state index contributed by atoms with van der Waals surface area (Å²) in [7, 11) is 0. The topological polar surface area (TPSA) is 68.0 Å². The fraction of sp³-hybridized carbons (Fsp3) is 0.611. The molecule has 1 fully saturated rings. The maximum atomic E-state index is 12.5. The number of aryl methyl sites for hydroxylation is 1. The largest absolute Gasteiger partial charge is 0.310 e. The van der Waals surface area contributed by atoms with Crippen LogP contribution in [0.2, 0.25) is 0 Å². The molecule has 1 aliphatic heterocycles. The van der Waals surface area contributed by atoms with E-state index in [-0.39, 0.29) is 11.9 Å². The van der Waals surface area contributed by atoms with Crippen LogP contribution in [0.1, 0.15) is 44.7 Å². The van der Waals surface area contributed by atoms with Gasteiger partial charge in [0, 0.05) is 24.3 Å². The van der Waals surface area contributed by atoms with Crippen molar-refractivity contribution >= 4 is 11.7 Å². The van der Waals surface area contributed by atoms with Crippen LogP contribution in [-0.2, 0) is 11.3 Å². The number of nitrogens with zero attached hydrogens (tertiary/aromatic N) is 5. The van der Waals surface area contributed by atoms with Gasteiger partial charge in [-0.15, -0.1) is 0 Å². The van der Waals surface area contributed by atoms with Crippen LogP contribution in [0.5, 0.6) is 0 Å². The van der Waals surface area contributed by atoms with Crippen LogP contribution in [0.15, 0.2) is 24.7 Å². The molecule has 1 amide bonds. The molecule has 1 saturated heterocycles. The Bertz CT molecular complexity index is 704. The Morgan fingerprint density at radius 1 is 1.36 bits per heavy atom.